The van der Waals surface area contributed by atoms with Crippen molar-refractivity contribution in [3.8, 4) is 0 Å². The second-order valence-electron chi connectivity index (χ2n) is 6.62. The van der Waals surface area contributed by atoms with E-state index in [1.165, 1.54) is 31.2 Å². The summed E-state index contributed by atoms with van der Waals surface area (Å²) in [7, 11) is 0. The predicted octanol–water partition coefficient (Wildman–Crippen LogP) is 3.84. The molecule has 0 radical (unpaired) electrons. The highest BCUT2D eigenvalue weighted by Gasteiger charge is 2.20. The van der Waals surface area contributed by atoms with E-state index in [-0.39, 0.29) is 0 Å². The molecular formula is C18H31N3. The second kappa shape index (κ2) is 8.38. The molecule has 1 aliphatic heterocycles. The molecule has 2 heterocycles. The van der Waals surface area contributed by atoms with Crippen molar-refractivity contribution in [2.75, 3.05) is 24.5 Å². The lowest BCUT2D eigenvalue weighted by atomic mass is 9.89. The maximum absolute atomic E-state index is 4.68. The Morgan fingerprint density at radius 3 is 2.81 bits per heavy atom. The Morgan fingerprint density at radius 1 is 1.29 bits per heavy atom. The van der Waals surface area contributed by atoms with E-state index in [2.05, 4.69) is 48.1 Å². The highest BCUT2D eigenvalue weighted by atomic mass is 15.2. The van der Waals surface area contributed by atoms with Crippen LogP contribution in [-0.4, -0.2) is 24.6 Å². The van der Waals surface area contributed by atoms with Gasteiger partial charge in [0.25, 0.3) is 0 Å². The van der Waals surface area contributed by atoms with Crippen LogP contribution in [0.15, 0.2) is 18.3 Å². The van der Waals surface area contributed by atoms with Crippen molar-refractivity contribution in [2.24, 2.45) is 11.8 Å². The summed E-state index contributed by atoms with van der Waals surface area (Å²) in [4.78, 5) is 7.14. The van der Waals surface area contributed by atoms with E-state index < -0.39 is 0 Å². The molecule has 1 unspecified atom stereocenters. The summed E-state index contributed by atoms with van der Waals surface area (Å²) in [6, 6.07) is 4.41. The Bertz CT molecular complexity index is 399. The van der Waals surface area contributed by atoms with Crippen LogP contribution in [0, 0.1) is 11.8 Å². The van der Waals surface area contributed by atoms with Gasteiger partial charge in [-0.05, 0) is 55.7 Å². The van der Waals surface area contributed by atoms with Crippen LogP contribution < -0.4 is 10.2 Å². The first-order valence-corrected chi connectivity index (χ1v) is 8.61. The zero-order valence-electron chi connectivity index (χ0n) is 13.9. The SMILES string of the molecule is CCCNCc1ccc(N2CCCC(C(C)C)CC2)nc1. The maximum Gasteiger partial charge on any atom is 0.128 e. The molecule has 1 aromatic heterocycles. The molecule has 3 nitrogen and oxygen atoms in total. The summed E-state index contributed by atoms with van der Waals surface area (Å²) >= 11 is 0. The Hall–Kier alpha value is -1.09. The highest BCUT2D eigenvalue weighted by molar-refractivity contribution is 5.39. The van der Waals surface area contributed by atoms with Gasteiger partial charge < -0.3 is 10.2 Å². The van der Waals surface area contributed by atoms with E-state index in [0.717, 1.165) is 43.8 Å². The van der Waals surface area contributed by atoms with Crippen molar-refractivity contribution in [1.82, 2.24) is 10.3 Å². The average Bonchev–Trinajstić information content (AvgIpc) is 2.74. The van der Waals surface area contributed by atoms with Gasteiger partial charge in [0.1, 0.15) is 5.82 Å². The lowest BCUT2D eigenvalue weighted by Crippen LogP contribution is -2.25. The fourth-order valence-corrected chi connectivity index (χ4v) is 3.14. The molecular weight excluding hydrogens is 258 g/mol. The summed E-state index contributed by atoms with van der Waals surface area (Å²) in [5.74, 6) is 2.84. The maximum atomic E-state index is 4.68. The fraction of sp³-hybridized carbons (Fsp3) is 0.722. The first kappa shape index (κ1) is 16.3. The molecule has 0 saturated carbocycles. The van der Waals surface area contributed by atoms with E-state index in [1.807, 2.05) is 6.20 Å². The van der Waals surface area contributed by atoms with E-state index in [4.69, 9.17) is 0 Å². The zero-order chi connectivity index (χ0) is 15.1. The predicted molar refractivity (Wildman–Crippen MR) is 90.6 cm³/mol. The highest BCUT2D eigenvalue weighted by Crippen LogP contribution is 2.26. The Morgan fingerprint density at radius 2 is 2.14 bits per heavy atom. The van der Waals surface area contributed by atoms with E-state index in [1.54, 1.807) is 0 Å². The number of aromatic nitrogens is 1. The normalized spacial score (nSPS) is 19.8. The van der Waals surface area contributed by atoms with Crippen molar-refractivity contribution in [1.29, 1.82) is 0 Å². The monoisotopic (exact) mass is 289 g/mol. The molecule has 21 heavy (non-hydrogen) atoms. The van der Waals surface area contributed by atoms with Gasteiger partial charge >= 0.3 is 0 Å². The third kappa shape index (κ3) is 4.99. The Labute approximate surface area is 130 Å². The number of pyridine rings is 1. The summed E-state index contributed by atoms with van der Waals surface area (Å²) in [6.07, 6.45) is 7.18. The number of nitrogens with one attached hydrogen (secondary N) is 1. The average molecular weight is 289 g/mol. The molecule has 118 valence electrons. The molecule has 1 N–H and O–H groups in total. The minimum atomic E-state index is 0.810. The summed E-state index contributed by atoms with van der Waals surface area (Å²) < 4.78 is 0. The second-order valence-corrected chi connectivity index (χ2v) is 6.62. The van der Waals surface area contributed by atoms with Crippen LogP contribution >= 0.6 is 0 Å². The van der Waals surface area contributed by atoms with Gasteiger partial charge in [-0.3, -0.25) is 0 Å². The van der Waals surface area contributed by atoms with Gasteiger partial charge in [-0.1, -0.05) is 26.8 Å². The van der Waals surface area contributed by atoms with Crippen molar-refractivity contribution < 1.29 is 0 Å². The van der Waals surface area contributed by atoms with Gasteiger partial charge in [-0.25, -0.2) is 4.98 Å². The molecule has 0 aliphatic carbocycles. The smallest absolute Gasteiger partial charge is 0.128 e. The van der Waals surface area contributed by atoms with Crippen LogP contribution in [0.5, 0.6) is 0 Å². The molecule has 0 bridgehead atoms. The third-order valence-corrected chi connectivity index (χ3v) is 4.60. The van der Waals surface area contributed by atoms with Crippen LogP contribution in [0.3, 0.4) is 0 Å². The topological polar surface area (TPSA) is 28.2 Å². The molecule has 1 fully saturated rings. The standard InChI is InChI=1S/C18H31N3/c1-4-10-19-13-16-7-8-18(20-14-16)21-11-5-6-17(9-12-21)15(2)3/h7-8,14-15,17,19H,4-6,9-13H2,1-3H3. The molecule has 1 aliphatic rings. The van der Waals surface area contributed by atoms with Crippen molar-refractivity contribution >= 4 is 5.82 Å². The van der Waals surface area contributed by atoms with Crippen molar-refractivity contribution in [3.05, 3.63) is 23.9 Å². The Kier molecular flexibility index (Phi) is 6.50. The van der Waals surface area contributed by atoms with E-state index >= 15 is 0 Å². The van der Waals surface area contributed by atoms with E-state index in [0.29, 0.717) is 0 Å². The van der Waals surface area contributed by atoms with Gasteiger partial charge in [0.2, 0.25) is 0 Å². The number of nitrogens with zero attached hydrogens (tertiary/aromatic N) is 2. The molecule has 1 atom stereocenters. The van der Waals surface area contributed by atoms with Gasteiger partial charge in [0, 0.05) is 25.8 Å². The van der Waals surface area contributed by atoms with Crippen LogP contribution in [0.4, 0.5) is 5.82 Å². The van der Waals surface area contributed by atoms with E-state index in [9.17, 15) is 0 Å². The summed E-state index contributed by atoms with van der Waals surface area (Å²) in [5.41, 5.74) is 1.28. The van der Waals surface area contributed by atoms with Gasteiger partial charge in [-0.2, -0.15) is 0 Å². The number of hydrogen-bond acceptors (Lipinski definition) is 3. The largest absolute Gasteiger partial charge is 0.357 e. The molecule has 2 rings (SSSR count). The first-order valence-electron chi connectivity index (χ1n) is 8.61. The molecule has 0 aromatic carbocycles. The first-order chi connectivity index (χ1) is 10.2. The lowest BCUT2D eigenvalue weighted by Gasteiger charge is -2.22. The van der Waals surface area contributed by atoms with Crippen LogP contribution in [0.1, 0.15) is 52.0 Å². The molecule has 0 spiro atoms. The van der Waals surface area contributed by atoms with Crippen LogP contribution in [0.25, 0.3) is 0 Å². The van der Waals surface area contributed by atoms with Crippen molar-refractivity contribution in [3.63, 3.8) is 0 Å². The number of hydrogen-bond donors (Lipinski definition) is 1. The lowest BCUT2D eigenvalue weighted by molar-refractivity contribution is 0.351. The molecule has 0 amide bonds. The fourth-order valence-electron chi connectivity index (χ4n) is 3.14. The Balaban J connectivity index is 1.89. The van der Waals surface area contributed by atoms with Gasteiger partial charge in [-0.15, -0.1) is 0 Å². The summed E-state index contributed by atoms with van der Waals surface area (Å²) in [6.45, 7) is 11.2. The van der Waals surface area contributed by atoms with Gasteiger partial charge in [0.05, 0.1) is 0 Å². The summed E-state index contributed by atoms with van der Waals surface area (Å²) in [5, 5.41) is 3.43. The molecule has 1 aromatic rings. The molecule has 1 saturated heterocycles. The van der Waals surface area contributed by atoms with Crippen LogP contribution in [-0.2, 0) is 6.54 Å². The zero-order valence-corrected chi connectivity index (χ0v) is 13.9. The number of rotatable bonds is 6. The minimum absolute atomic E-state index is 0.810. The number of anilines is 1. The third-order valence-electron chi connectivity index (χ3n) is 4.60. The van der Waals surface area contributed by atoms with Crippen molar-refractivity contribution in [2.45, 2.75) is 53.0 Å². The molecule has 3 heteroatoms. The minimum Gasteiger partial charge on any atom is -0.357 e. The quantitative estimate of drug-likeness (QED) is 0.806. The van der Waals surface area contributed by atoms with Gasteiger partial charge in [0.15, 0.2) is 0 Å². The van der Waals surface area contributed by atoms with Crippen LogP contribution in [0.2, 0.25) is 0 Å².